The number of carbonyl (C=O) groups is 1. The van der Waals surface area contributed by atoms with Gasteiger partial charge in [0.15, 0.2) is 5.82 Å². The molecule has 1 aliphatic rings. The van der Waals surface area contributed by atoms with Crippen molar-refractivity contribution < 1.29 is 9.18 Å². The number of allylic oxidation sites excluding steroid dienone is 1. The van der Waals surface area contributed by atoms with E-state index < -0.39 is 0 Å². The minimum Gasteiger partial charge on any atom is -0.349 e. The Morgan fingerprint density at radius 3 is 2.48 bits per heavy atom. The Hall–Kier alpha value is -3.19. The van der Waals surface area contributed by atoms with E-state index in [9.17, 15) is 9.18 Å². The molecule has 3 aromatic rings. The van der Waals surface area contributed by atoms with E-state index in [1.807, 2.05) is 29.1 Å². The van der Waals surface area contributed by atoms with Gasteiger partial charge in [-0.2, -0.15) is 5.10 Å². The molecule has 1 saturated heterocycles. The summed E-state index contributed by atoms with van der Waals surface area (Å²) in [5.41, 5.74) is 2.51. The van der Waals surface area contributed by atoms with Crippen LogP contribution in [0.25, 0.3) is 11.5 Å². The van der Waals surface area contributed by atoms with E-state index in [2.05, 4.69) is 35.2 Å². The standard InChI is InChI=1S/C24H28FN5O/c1-18(2)9-14-28-15-10-20(11-16-28)27-23(31)22-17-26-30(21-7-5-19(25)6-8-21)24(22)29-12-3-4-13-29/h3-9,12-13,17,20H,10-11,14-16H2,1-2H3,(H,27,31). The van der Waals surface area contributed by atoms with Gasteiger partial charge in [-0.25, -0.2) is 9.07 Å². The molecule has 1 fully saturated rings. The lowest BCUT2D eigenvalue weighted by molar-refractivity contribution is 0.0914. The first-order chi connectivity index (χ1) is 15.0. The number of piperidine rings is 1. The molecule has 0 aliphatic carbocycles. The van der Waals surface area contributed by atoms with Crippen LogP contribution in [0, 0.1) is 5.82 Å². The fourth-order valence-corrected chi connectivity index (χ4v) is 3.83. The number of nitrogens with one attached hydrogen (secondary N) is 1. The van der Waals surface area contributed by atoms with Crippen LogP contribution in [-0.4, -0.2) is 50.8 Å². The second-order valence-corrected chi connectivity index (χ2v) is 8.19. The molecule has 1 aromatic carbocycles. The summed E-state index contributed by atoms with van der Waals surface area (Å²) in [4.78, 5) is 15.6. The van der Waals surface area contributed by atoms with E-state index in [1.54, 1.807) is 23.0 Å². The van der Waals surface area contributed by atoms with Crippen molar-refractivity contribution in [3.8, 4) is 11.5 Å². The summed E-state index contributed by atoms with van der Waals surface area (Å²) in [6, 6.07) is 10.0. The van der Waals surface area contributed by atoms with Gasteiger partial charge >= 0.3 is 0 Å². The largest absolute Gasteiger partial charge is 0.349 e. The van der Waals surface area contributed by atoms with Crippen LogP contribution in [0.2, 0.25) is 0 Å². The lowest BCUT2D eigenvalue weighted by Gasteiger charge is -2.31. The van der Waals surface area contributed by atoms with Crippen molar-refractivity contribution in [2.45, 2.75) is 32.7 Å². The van der Waals surface area contributed by atoms with Crippen molar-refractivity contribution in [2.24, 2.45) is 0 Å². The van der Waals surface area contributed by atoms with Crippen molar-refractivity contribution in [3.63, 3.8) is 0 Å². The highest BCUT2D eigenvalue weighted by atomic mass is 19.1. The Morgan fingerprint density at radius 2 is 1.84 bits per heavy atom. The van der Waals surface area contributed by atoms with Gasteiger partial charge in [0.05, 0.1) is 11.9 Å². The van der Waals surface area contributed by atoms with E-state index in [0.29, 0.717) is 17.1 Å². The Morgan fingerprint density at radius 1 is 1.16 bits per heavy atom. The zero-order chi connectivity index (χ0) is 21.8. The molecule has 7 heteroatoms. The van der Waals surface area contributed by atoms with Crippen LogP contribution in [0.5, 0.6) is 0 Å². The van der Waals surface area contributed by atoms with Crippen molar-refractivity contribution in [1.29, 1.82) is 0 Å². The molecule has 1 N–H and O–H groups in total. The van der Waals surface area contributed by atoms with Crippen LogP contribution >= 0.6 is 0 Å². The molecule has 3 heterocycles. The maximum Gasteiger partial charge on any atom is 0.256 e. The molecule has 0 spiro atoms. The Bertz CT molecular complexity index is 1040. The number of nitrogens with zero attached hydrogens (tertiary/aromatic N) is 4. The summed E-state index contributed by atoms with van der Waals surface area (Å²) in [5.74, 6) is 0.183. The van der Waals surface area contributed by atoms with Crippen molar-refractivity contribution in [3.05, 3.63) is 78.0 Å². The van der Waals surface area contributed by atoms with Gasteiger partial charge < -0.3 is 9.88 Å². The van der Waals surface area contributed by atoms with Crippen molar-refractivity contribution in [1.82, 2.24) is 24.6 Å². The van der Waals surface area contributed by atoms with Gasteiger partial charge in [-0.3, -0.25) is 9.69 Å². The van der Waals surface area contributed by atoms with E-state index in [-0.39, 0.29) is 17.8 Å². The Kier molecular flexibility index (Phi) is 6.32. The molecule has 0 radical (unpaired) electrons. The fourth-order valence-electron chi connectivity index (χ4n) is 3.83. The number of likely N-dealkylation sites (tertiary alicyclic amines) is 1. The molecule has 6 nitrogen and oxygen atoms in total. The number of amides is 1. The lowest BCUT2D eigenvalue weighted by Crippen LogP contribution is -2.44. The topological polar surface area (TPSA) is 55.1 Å². The normalized spacial score (nSPS) is 15.1. The number of hydrogen-bond donors (Lipinski definition) is 1. The van der Waals surface area contributed by atoms with Gasteiger partial charge in [-0.15, -0.1) is 0 Å². The highest BCUT2D eigenvalue weighted by Gasteiger charge is 2.24. The summed E-state index contributed by atoms with van der Waals surface area (Å²) in [6.45, 7) is 7.12. The smallest absolute Gasteiger partial charge is 0.256 e. The number of benzene rings is 1. The highest BCUT2D eigenvalue weighted by molar-refractivity contribution is 5.97. The average Bonchev–Trinajstić information content (AvgIpc) is 3.43. The van der Waals surface area contributed by atoms with E-state index >= 15 is 0 Å². The minimum absolute atomic E-state index is 0.139. The molecule has 1 amide bonds. The molecule has 0 atom stereocenters. The number of hydrogen-bond acceptors (Lipinski definition) is 3. The Balaban J connectivity index is 1.51. The van der Waals surface area contributed by atoms with Crippen LogP contribution in [0.15, 0.2) is 66.6 Å². The molecule has 2 aromatic heterocycles. The number of rotatable bonds is 6. The third-order valence-corrected chi connectivity index (χ3v) is 5.59. The van der Waals surface area contributed by atoms with Gasteiger partial charge in [-0.05, 0) is 63.1 Å². The predicted octanol–water partition coefficient (Wildman–Crippen LogP) is 3.96. The van der Waals surface area contributed by atoms with Crippen LogP contribution in [-0.2, 0) is 0 Å². The molecule has 4 rings (SSSR count). The maximum absolute atomic E-state index is 13.4. The molecule has 0 saturated carbocycles. The van der Waals surface area contributed by atoms with Crippen LogP contribution in [0.4, 0.5) is 4.39 Å². The van der Waals surface area contributed by atoms with Crippen LogP contribution in [0.1, 0.15) is 37.0 Å². The second kappa shape index (κ2) is 9.31. The first-order valence-corrected chi connectivity index (χ1v) is 10.6. The van der Waals surface area contributed by atoms with Crippen LogP contribution in [0.3, 0.4) is 0 Å². The summed E-state index contributed by atoms with van der Waals surface area (Å²) >= 11 is 0. The Labute approximate surface area is 182 Å². The zero-order valence-corrected chi connectivity index (χ0v) is 18.0. The predicted molar refractivity (Wildman–Crippen MR) is 119 cm³/mol. The first-order valence-electron chi connectivity index (χ1n) is 10.6. The molecule has 0 unspecified atom stereocenters. The zero-order valence-electron chi connectivity index (χ0n) is 18.0. The number of aromatic nitrogens is 3. The van der Waals surface area contributed by atoms with Crippen LogP contribution < -0.4 is 5.32 Å². The third kappa shape index (κ3) is 4.94. The summed E-state index contributed by atoms with van der Waals surface area (Å²) in [5, 5.41) is 7.63. The molecular formula is C24H28FN5O. The average molecular weight is 422 g/mol. The van der Waals surface area contributed by atoms with E-state index in [1.165, 1.54) is 17.7 Å². The first kappa shape index (κ1) is 21.1. The molecule has 0 bridgehead atoms. The maximum atomic E-state index is 13.4. The van der Waals surface area contributed by atoms with Gasteiger partial charge in [-0.1, -0.05) is 11.6 Å². The van der Waals surface area contributed by atoms with Crippen molar-refractivity contribution in [2.75, 3.05) is 19.6 Å². The molecular weight excluding hydrogens is 393 g/mol. The van der Waals surface area contributed by atoms with Gasteiger partial charge in [0.1, 0.15) is 11.4 Å². The second-order valence-electron chi connectivity index (χ2n) is 8.19. The SMILES string of the molecule is CC(C)=CCN1CCC(NC(=O)c2cnn(-c3ccc(F)cc3)c2-n2cccc2)CC1. The lowest BCUT2D eigenvalue weighted by atomic mass is 10.0. The summed E-state index contributed by atoms with van der Waals surface area (Å²) < 4.78 is 16.9. The fraction of sp³-hybridized carbons (Fsp3) is 0.333. The minimum atomic E-state index is -0.313. The molecule has 162 valence electrons. The van der Waals surface area contributed by atoms with Gasteiger partial charge in [0.2, 0.25) is 0 Å². The summed E-state index contributed by atoms with van der Waals surface area (Å²) in [7, 11) is 0. The van der Waals surface area contributed by atoms with Gasteiger partial charge in [0, 0.05) is 38.1 Å². The number of halogens is 1. The van der Waals surface area contributed by atoms with E-state index in [0.717, 1.165) is 32.5 Å². The number of carbonyl (C=O) groups excluding carboxylic acids is 1. The molecule has 1 aliphatic heterocycles. The van der Waals surface area contributed by atoms with Crippen molar-refractivity contribution >= 4 is 5.91 Å². The monoisotopic (exact) mass is 421 g/mol. The third-order valence-electron chi connectivity index (χ3n) is 5.59. The highest BCUT2D eigenvalue weighted by Crippen LogP contribution is 2.21. The van der Waals surface area contributed by atoms with E-state index in [4.69, 9.17) is 0 Å². The quantitative estimate of drug-likeness (QED) is 0.613. The van der Waals surface area contributed by atoms with Gasteiger partial charge in [0.25, 0.3) is 5.91 Å². The summed E-state index contributed by atoms with van der Waals surface area (Å²) in [6.07, 6.45) is 9.41. The molecule has 31 heavy (non-hydrogen) atoms.